The first kappa shape index (κ1) is 17.4. The van der Waals surface area contributed by atoms with Crippen LogP contribution in [0.5, 0.6) is 0 Å². The van der Waals surface area contributed by atoms with Crippen molar-refractivity contribution < 1.29 is 14.3 Å². The van der Waals surface area contributed by atoms with Crippen LogP contribution in [0, 0.1) is 17.7 Å². The first-order chi connectivity index (χ1) is 13.4. The molecule has 0 radical (unpaired) electrons. The van der Waals surface area contributed by atoms with Gasteiger partial charge in [-0.25, -0.2) is 14.2 Å². The standard InChI is InChI=1S/C20H21FN4O3/c21-15-6-12-17(26)14(20(27)28)9-25(11-4-5-11)18(12)23-19(15)24-7-10-2-1-3-16(22)13(10)8-24/h1-2,6,9-11,13,16H,3-5,7-8,22H2,(H,27,28). The van der Waals surface area contributed by atoms with Gasteiger partial charge in [0.15, 0.2) is 11.6 Å². The first-order valence-electron chi connectivity index (χ1n) is 9.60. The minimum absolute atomic E-state index is 0.0151. The quantitative estimate of drug-likeness (QED) is 0.784. The van der Waals surface area contributed by atoms with E-state index in [4.69, 9.17) is 5.73 Å². The highest BCUT2D eigenvalue weighted by Crippen LogP contribution is 2.38. The fraction of sp³-hybridized carbons (Fsp3) is 0.450. The van der Waals surface area contributed by atoms with Crippen molar-refractivity contribution in [2.24, 2.45) is 17.6 Å². The van der Waals surface area contributed by atoms with Gasteiger partial charge in [0.1, 0.15) is 11.2 Å². The van der Waals surface area contributed by atoms with Crippen molar-refractivity contribution in [3.63, 3.8) is 0 Å². The van der Waals surface area contributed by atoms with Crippen LogP contribution in [0.4, 0.5) is 10.2 Å². The Hall–Kier alpha value is -2.74. The zero-order valence-corrected chi connectivity index (χ0v) is 15.2. The molecule has 0 spiro atoms. The normalized spacial score (nSPS) is 26.6. The Kier molecular flexibility index (Phi) is 3.80. The lowest BCUT2D eigenvalue weighted by atomic mass is 9.83. The van der Waals surface area contributed by atoms with Crippen LogP contribution < -0.4 is 16.1 Å². The molecule has 1 aliphatic heterocycles. The van der Waals surface area contributed by atoms with E-state index in [0.29, 0.717) is 18.7 Å². The van der Waals surface area contributed by atoms with Gasteiger partial charge in [0, 0.05) is 37.3 Å². The van der Waals surface area contributed by atoms with Crippen molar-refractivity contribution in [1.82, 2.24) is 9.55 Å². The fourth-order valence-electron chi connectivity index (χ4n) is 4.51. The van der Waals surface area contributed by atoms with E-state index >= 15 is 0 Å². The van der Waals surface area contributed by atoms with Gasteiger partial charge in [-0.2, -0.15) is 0 Å². The summed E-state index contributed by atoms with van der Waals surface area (Å²) in [5.41, 5.74) is 5.54. The maximum absolute atomic E-state index is 15.0. The molecule has 2 fully saturated rings. The van der Waals surface area contributed by atoms with Crippen molar-refractivity contribution in [2.75, 3.05) is 18.0 Å². The number of aromatic carboxylic acids is 1. The van der Waals surface area contributed by atoms with Gasteiger partial charge in [-0.3, -0.25) is 4.79 Å². The van der Waals surface area contributed by atoms with Crippen molar-refractivity contribution in [2.45, 2.75) is 31.3 Å². The van der Waals surface area contributed by atoms with Crippen LogP contribution in [0.2, 0.25) is 0 Å². The molecule has 2 aromatic heterocycles. The third-order valence-electron chi connectivity index (χ3n) is 6.16. The van der Waals surface area contributed by atoms with Gasteiger partial charge in [0.25, 0.3) is 0 Å². The smallest absolute Gasteiger partial charge is 0.341 e. The van der Waals surface area contributed by atoms with E-state index < -0.39 is 17.2 Å². The molecule has 3 N–H and O–H groups in total. The van der Waals surface area contributed by atoms with Crippen molar-refractivity contribution in [3.8, 4) is 0 Å². The lowest BCUT2D eigenvalue weighted by molar-refractivity contribution is 0.0695. The number of fused-ring (bicyclic) bond motifs is 2. The average molecular weight is 384 g/mol. The third kappa shape index (κ3) is 2.63. The number of halogens is 1. The number of aromatic nitrogens is 2. The molecule has 3 unspecified atom stereocenters. The monoisotopic (exact) mass is 384 g/mol. The van der Waals surface area contributed by atoms with E-state index in [1.54, 1.807) is 4.57 Å². The number of carboxylic acid groups (broad SMARTS) is 1. The molecule has 28 heavy (non-hydrogen) atoms. The molecule has 0 amide bonds. The first-order valence-corrected chi connectivity index (χ1v) is 9.60. The van der Waals surface area contributed by atoms with Gasteiger partial charge in [-0.1, -0.05) is 12.2 Å². The molecule has 1 saturated carbocycles. The fourth-order valence-corrected chi connectivity index (χ4v) is 4.51. The molecule has 0 bridgehead atoms. The van der Waals surface area contributed by atoms with Crippen LogP contribution in [0.3, 0.4) is 0 Å². The average Bonchev–Trinajstić information content (AvgIpc) is 3.40. The SMILES string of the molecule is NC1CC=CC2CN(c3nc4c(cc3F)c(=O)c(C(=O)O)cn4C3CC3)CC12. The van der Waals surface area contributed by atoms with Gasteiger partial charge < -0.3 is 20.3 Å². The van der Waals surface area contributed by atoms with Crippen molar-refractivity contribution in [3.05, 3.63) is 46.0 Å². The Morgan fingerprint density at radius 3 is 2.79 bits per heavy atom. The molecule has 3 atom stereocenters. The minimum Gasteiger partial charge on any atom is -0.477 e. The molecule has 3 aliphatic rings. The highest BCUT2D eigenvalue weighted by Gasteiger charge is 2.38. The van der Waals surface area contributed by atoms with Gasteiger partial charge in [-0.05, 0) is 31.2 Å². The van der Waals surface area contributed by atoms with Crippen LogP contribution in [-0.2, 0) is 0 Å². The summed E-state index contributed by atoms with van der Waals surface area (Å²) >= 11 is 0. The molecule has 5 rings (SSSR count). The van der Waals surface area contributed by atoms with Crippen LogP contribution >= 0.6 is 0 Å². The summed E-state index contributed by atoms with van der Waals surface area (Å²) in [6, 6.07) is 1.29. The zero-order valence-electron chi connectivity index (χ0n) is 15.2. The van der Waals surface area contributed by atoms with E-state index in [9.17, 15) is 19.1 Å². The zero-order chi connectivity index (χ0) is 19.6. The predicted octanol–water partition coefficient (Wildman–Crippen LogP) is 1.91. The van der Waals surface area contributed by atoms with Crippen LogP contribution in [0.15, 0.2) is 29.2 Å². The van der Waals surface area contributed by atoms with Crippen LogP contribution in [-0.4, -0.2) is 39.8 Å². The topological polar surface area (TPSA) is 101 Å². The Balaban J connectivity index is 1.64. The number of hydrogen-bond donors (Lipinski definition) is 2. The number of pyridine rings is 2. The molecule has 3 heterocycles. The molecule has 146 valence electrons. The van der Waals surface area contributed by atoms with Gasteiger partial charge in [0.2, 0.25) is 5.43 Å². The highest BCUT2D eigenvalue weighted by atomic mass is 19.1. The van der Waals surface area contributed by atoms with Crippen molar-refractivity contribution in [1.29, 1.82) is 0 Å². The number of hydrogen-bond acceptors (Lipinski definition) is 5. The third-order valence-corrected chi connectivity index (χ3v) is 6.16. The minimum atomic E-state index is -1.31. The molecule has 2 aromatic rings. The van der Waals surface area contributed by atoms with E-state index in [1.165, 1.54) is 6.20 Å². The summed E-state index contributed by atoms with van der Waals surface area (Å²) in [5.74, 6) is -1.19. The highest BCUT2D eigenvalue weighted by molar-refractivity contribution is 5.92. The molecule has 1 saturated heterocycles. The Bertz CT molecular complexity index is 1080. The molecular weight excluding hydrogens is 363 g/mol. The lowest BCUT2D eigenvalue weighted by Gasteiger charge is -2.25. The largest absolute Gasteiger partial charge is 0.477 e. The second-order valence-corrected chi connectivity index (χ2v) is 8.04. The number of nitrogens with two attached hydrogens (primary N) is 1. The van der Waals surface area contributed by atoms with E-state index in [1.807, 2.05) is 4.90 Å². The Morgan fingerprint density at radius 2 is 2.11 bits per heavy atom. The number of rotatable bonds is 3. The van der Waals surface area contributed by atoms with Crippen molar-refractivity contribution >= 4 is 22.8 Å². The van der Waals surface area contributed by atoms with Crippen LogP contribution in [0.25, 0.3) is 11.0 Å². The summed E-state index contributed by atoms with van der Waals surface area (Å²) in [6.07, 6.45) is 8.17. The molecule has 2 aliphatic carbocycles. The summed E-state index contributed by atoms with van der Waals surface area (Å²) in [6.45, 7) is 1.25. The summed E-state index contributed by atoms with van der Waals surface area (Å²) in [4.78, 5) is 30.4. The molecule has 8 heteroatoms. The summed E-state index contributed by atoms with van der Waals surface area (Å²) in [7, 11) is 0. The Labute approximate surface area is 160 Å². The molecule has 7 nitrogen and oxygen atoms in total. The van der Waals surface area contributed by atoms with Gasteiger partial charge in [0.05, 0.1) is 5.39 Å². The summed E-state index contributed by atoms with van der Waals surface area (Å²) < 4.78 is 16.7. The maximum Gasteiger partial charge on any atom is 0.341 e. The maximum atomic E-state index is 15.0. The molecular formula is C20H21FN4O3. The lowest BCUT2D eigenvalue weighted by Crippen LogP contribution is -2.36. The van der Waals surface area contributed by atoms with Gasteiger partial charge in [-0.15, -0.1) is 0 Å². The number of nitrogens with zero attached hydrogens (tertiary/aromatic N) is 3. The Morgan fingerprint density at radius 1 is 1.32 bits per heavy atom. The number of anilines is 1. The second-order valence-electron chi connectivity index (χ2n) is 8.04. The number of carboxylic acids is 1. The van der Waals surface area contributed by atoms with E-state index in [0.717, 1.165) is 25.3 Å². The summed E-state index contributed by atoms with van der Waals surface area (Å²) in [5, 5.41) is 9.35. The molecule has 0 aromatic carbocycles. The van der Waals surface area contributed by atoms with Crippen LogP contribution in [0.1, 0.15) is 35.7 Å². The number of carbonyl (C=O) groups is 1. The van der Waals surface area contributed by atoms with E-state index in [-0.39, 0.29) is 40.7 Å². The van der Waals surface area contributed by atoms with Gasteiger partial charge >= 0.3 is 5.97 Å². The second kappa shape index (κ2) is 6.13. The van der Waals surface area contributed by atoms with E-state index in [2.05, 4.69) is 17.1 Å². The predicted molar refractivity (Wildman–Crippen MR) is 102 cm³/mol.